The molecule has 1 N–H and O–H groups in total. The minimum Gasteiger partial charge on any atom is -0.493 e. The summed E-state index contributed by atoms with van der Waals surface area (Å²) >= 11 is 3.45. The maximum atomic E-state index is 8.51. The number of ether oxygens (including phenoxy) is 1. The third-order valence-corrected chi connectivity index (χ3v) is 3.82. The van der Waals surface area contributed by atoms with Crippen LogP contribution in [0.5, 0.6) is 5.75 Å². The van der Waals surface area contributed by atoms with E-state index in [9.17, 15) is 0 Å². The zero-order chi connectivity index (χ0) is 15.8. The summed E-state index contributed by atoms with van der Waals surface area (Å²) in [5, 5.41) is 12.0. The van der Waals surface area contributed by atoms with Crippen molar-refractivity contribution in [2.24, 2.45) is 0 Å². The SMILES string of the molecule is CC(Nc1cccc(OCCCC#N)c1)c1ccc(Br)cc1. The van der Waals surface area contributed by atoms with Crippen LogP contribution < -0.4 is 10.1 Å². The molecule has 2 aromatic carbocycles. The van der Waals surface area contributed by atoms with Gasteiger partial charge in [-0.05, 0) is 43.2 Å². The van der Waals surface area contributed by atoms with Gasteiger partial charge in [-0.25, -0.2) is 0 Å². The van der Waals surface area contributed by atoms with E-state index in [0.29, 0.717) is 13.0 Å². The third kappa shape index (κ3) is 5.09. The number of anilines is 1. The standard InChI is InChI=1S/C18H19BrN2O/c1-14(15-7-9-16(19)10-8-15)21-17-5-4-6-18(13-17)22-12-3-2-11-20/h4-10,13-14,21H,2-3,12H2,1H3. The van der Waals surface area contributed by atoms with Crippen LogP contribution in [0.2, 0.25) is 0 Å². The fourth-order valence-corrected chi connectivity index (χ4v) is 2.37. The molecule has 0 amide bonds. The first-order valence-electron chi connectivity index (χ1n) is 7.31. The molecule has 4 heteroatoms. The summed E-state index contributed by atoms with van der Waals surface area (Å²) in [6.07, 6.45) is 1.28. The van der Waals surface area contributed by atoms with Crippen LogP contribution in [0.3, 0.4) is 0 Å². The lowest BCUT2D eigenvalue weighted by atomic mass is 10.1. The first-order valence-corrected chi connectivity index (χ1v) is 8.10. The molecule has 0 aliphatic rings. The second-order valence-corrected chi connectivity index (χ2v) is 5.97. The molecule has 1 unspecified atom stereocenters. The molecule has 0 fully saturated rings. The van der Waals surface area contributed by atoms with Crippen molar-refractivity contribution in [2.45, 2.75) is 25.8 Å². The summed E-state index contributed by atoms with van der Waals surface area (Å²) in [7, 11) is 0. The van der Waals surface area contributed by atoms with Gasteiger partial charge < -0.3 is 10.1 Å². The Balaban J connectivity index is 1.94. The fourth-order valence-electron chi connectivity index (χ4n) is 2.10. The van der Waals surface area contributed by atoms with Gasteiger partial charge in [-0.1, -0.05) is 34.1 Å². The van der Waals surface area contributed by atoms with Gasteiger partial charge >= 0.3 is 0 Å². The van der Waals surface area contributed by atoms with Gasteiger partial charge in [0, 0.05) is 28.7 Å². The van der Waals surface area contributed by atoms with Crippen molar-refractivity contribution in [3.05, 3.63) is 58.6 Å². The van der Waals surface area contributed by atoms with Gasteiger partial charge in [0.15, 0.2) is 0 Å². The maximum absolute atomic E-state index is 8.51. The number of benzene rings is 2. The molecule has 0 heterocycles. The van der Waals surface area contributed by atoms with Crippen LogP contribution in [0.4, 0.5) is 5.69 Å². The molecule has 0 bridgehead atoms. The van der Waals surface area contributed by atoms with E-state index < -0.39 is 0 Å². The number of unbranched alkanes of at least 4 members (excludes halogenated alkanes) is 1. The van der Waals surface area contributed by atoms with Crippen LogP contribution in [-0.2, 0) is 0 Å². The van der Waals surface area contributed by atoms with Gasteiger partial charge in [0.25, 0.3) is 0 Å². The van der Waals surface area contributed by atoms with E-state index in [4.69, 9.17) is 10.00 Å². The normalized spacial score (nSPS) is 11.5. The number of halogens is 1. The molecule has 2 rings (SSSR count). The molecule has 0 saturated heterocycles. The molecule has 2 aromatic rings. The van der Waals surface area contributed by atoms with E-state index in [1.165, 1.54) is 5.56 Å². The molecule has 1 atom stereocenters. The predicted octanol–water partition coefficient (Wildman–Crippen LogP) is 5.30. The predicted molar refractivity (Wildman–Crippen MR) is 93.0 cm³/mol. The topological polar surface area (TPSA) is 45.0 Å². The second-order valence-electron chi connectivity index (χ2n) is 5.06. The summed E-state index contributed by atoms with van der Waals surface area (Å²) in [5.74, 6) is 0.825. The van der Waals surface area contributed by atoms with Crippen LogP contribution in [0.25, 0.3) is 0 Å². The van der Waals surface area contributed by atoms with Gasteiger partial charge in [-0.3, -0.25) is 0 Å². The quantitative estimate of drug-likeness (QED) is 0.682. The molecule has 0 aromatic heterocycles. The Hall–Kier alpha value is -1.99. The van der Waals surface area contributed by atoms with Crippen LogP contribution in [0.15, 0.2) is 53.0 Å². The van der Waals surface area contributed by atoms with Gasteiger partial charge in [0.2, 0.25) is 0 Å². The molecule has 22 heavy (non-hydrogen) atoms. The Labute approximate surface area is 140 Å². The summed E-state index contributed by atoms with van der Waals surface area (Å²) in [4.78, 5) is 0. The third-order valence-electron chi connectivity index (χ3n) is 3.29. The van der Waals surface area contributed by atoms with Crippen molar-refractivity contribution < 1.29 is 4.74 Å². The minimum absolute atomic E-state index is 0.210. The highest BCUT2D eigenvalue weighted by Crippen LogP contribution is 2.24. The molecule has 114 valence electrons. The zero-order valence-corrected chi connectivity index (χ0v) is 14.1. The molecular weight excluding hydrogens is 340 g/mol. The van der Waals surface area contributed by atoms with Crippen LogP contribution in [0, 0.1) is 11.3 Å². The van der Waals surface area contributed by atoms with Crippen molar-refractivity contribution in [1.29, 1.82) is 5.26 Å². The molecule has 0 spiro atoms. The molecule has 0 aliphatic heterocycles. The Bertz CT molecular complexity index is 634. The number of rotatable bonds is 7. The van der Waals surface area contributed by atoms with Crippen LogP contribution in [-0.4, -0.2) is 6.61 Å². The first-order chi connectivity index (χ1) is 10.7. The van der Waals surface area contributed by atoms with Gasteiger partial charge in [-0.15, -0.1) is 0 Å². The lowest BCUT2D eigenvalue weighted by molar-refractivity contribution is 0.313. The van der Waals surface area contributed by atoms with Crippen molar-refractivity contribution in [2.75, 3.05) is 11.9 Å². The molecule has 3 nitrogen and oxygen atoms in total. The monoisotopic (exact) mass is 358 g/mol. The van der Waals surface area contributed by atoms with Crippen molar-refractivity contribution in [3.63, 3.8) is 0 Å². The minimum atomic E-state index is 0.210. The Kier molecular flexibility index (Phi) is 6.29. The van der Waals surface area contributed by atoms with E-state index >= 15 is 0 Å². The average molecular weight is 359 g/mol. The maximum Gasteiger partial charge on any atom is 0.121 e. The molecule has 0 saturated carbocycles. The Morgan fingerprint density at radius 2 is 2.00 bits per heavy atom. The Morgan fingerprint density at radius 3 is 2.73 bits per heavy atom. The number of hydrogen-bond donors (Lipinski definition) is 1. The molecule has 0 radical (unpaired) electrons. The van der Waals surface area contributed by atoms with E-state index in [-0.39, 0.29) is 6.04 Å². The van der Waals surface area contributed by atoms with E-state index in [1.54, 1.807) is 0 Å². The number of hydrogen-bond acceptors (Lipinski definition) is 3. The smallest absolute Gasteiger partial charge is 0.121 e. The zero-order valence-electron chi connectivity index (χ0n) is 12.6. The van der Waals surface area contributed by atoms with Gasteiger partial charge in [0.05, 0.1) is 12.7 Å². The molecular formula is C18H19BrN2O. The van der Waals surface area contributed by atoms with Crippen molar-refractivity contribution in [3.8, 4) is 11.8 Å². The van der Waals surface area contributed by atoms with Crippen molar-refractivity contribution in [1.82, 2.24) is 0 Å². The highest BCUT2D eigenvalue weighted by molar-refractivity contribution is 9.10. The van der Waals surface area contributed by atoms with Crippen molar-refractivity contribution >= 4 is 21.6 Å². The largest absolute Gasteiger partial charge is 0.493 e. The highest BCUT2D eigenvalue weighted by Gasteiger charge is 2.06. The summed E-state index contributed by atoms with van der Waals surface area (Å²) in [6.45, 7) is 2.70. The lowest BCUT2D eigenvalue weighted by Crippen LogP contribution is -2.06. The molecule has 0 aliphatic carbocycles. The Morgan fingerprint density at radius 1 is 1.23 bits per heavy atom. The van der Waals surface area contributed by atoms with E-state index in [2.05, 4.69) is 46.4 Å². The van der Waals surface area contributed by atoms with E-state index in [0.717, 1.165) is 22.3 Å². The number of nitriles is 1. The second kappa shape index (κ2) is 8.45. The number of nitrogens with zero attached hydrogens (tertiary/aromatic N) is 1. The first kappa shape index (κ1) is 16.4. The highest BCUT2D eigenvalue weighted by atomic mass is 79.9. The fraction of sp³-hybridized carbons (Fsp3) is 0.278. The van der Waals surface area contributed by atoms with Gasteiger partial charge in [-0.2, -0.15) is 5.26 Å². The van der Waals surface area contributed by atoms with Crippen LogP contribution in [0.1, 0.15) is 31.4 Å². The van der Waals surface area contributed by atoms with Gasteiger partial charge in [0.1, 0.15) is 5.75 Å². The summed E-state index contributed by atoms with van der Waals surface area (Å²) < 4.78 is 6.73. The average Bonchev–Trinajstić information content (AvgIpc) is 2.52. The lowest BCUT2D eigenvalue weighted by Gasteiger charge is -2.16. The van der Waals surface area contributed by atoms with Crippen LogP contribution >= 0.6 is 15.9 Å². The number of nitrogens with one attached hydrogen (secondary N) is 1. The summed E-state index contributed by atoms with van der Waals surface area (Å²) in [5.41, 5.74) is 2.25. The van der Waals surface area contributed by atoms with E-state index in [1.807, 2.05) is 36.4 Å². The summed E-state index contributed by atoms with van der Waals surface area (Å²) in [6, 6.07) is 18.5.